The number of thiazole rings is 1. The first-order valence-corrected chi connectivity index (χ1v) is 14.2. The summed E-state index contributed by atoms with van der Waals surface area (Å²) in [5.74, 6) is -1.42. The summed E-state index contributed by atoms with van der Waals surface area (Å²) in [6.45, 7) is 5.49. The van der Waals surface area contributed by atoms with Gasteiger partial charge in [-0.25, -0.2) is 14.2 Å². The van der Waals surface area contributed by atoms with Gasteiger partial charge in [0.15, 0.2) is 5.13 Å². The van der Waals surface area contributed by atoms with E-state index in [9.17, 15) is 18.8 Å². The Hall–Kier alpha value is -4.77. The number of amides is 3. The number of nitrogens with one attached hydrogen (secondary N) is 1. The van der Waals surface area contributed by atoms with Gasteiger partial charge in [0.2, 0.25) is 5.91 Å². The number of ether oxygens (including phenoxy) is 1. The fraction of sp³-hybridized carbons (Fsp3) is 0.226. The minimum Gasteiger partial charge on any atom is -0.443 e. The largest absolute Gasteiger partial charge is 0.443 e. The van der Waals surface area contributed by atoms with Gasteiger partial charge in [-0.1, -0.05) is 18.2 Å². The molecule has 3 N–H and O–H groups in total. The molecular weight excluding hydrogens is 557 g/mol. The molecular formula is C31H30FN5O4S. The first kappa shape index (κ1) is 28.7. The summed E-state index contributed by atoms with van der Waals surface area (Å²) in [5, 5.41) is 5.14. The third-order valence-corrected chi connectivity index (χ3v) is 7.19. The summed E-state index contributed by atoms with van der Waals surface area (Å²) < 4.78 is 19.2. The van der Waals surface area contributed by atoms with Gasteiger partial charge in [0, 0.05) is 34.4 Å². The van der Waals surface area contributed by atoms with Gasteiger partial charge in [0.05, 0.1) is 11.4 Å². The second-order valence-electron chi connectivity index (χ2n) is 10.8. The first-order chi connectivity index (χ1) is 20.0. The van der Waals surface area contributed by atoms with Crippen molar-refractivity contribution in [1.82, 2.24) is 4.98 Å². The highest BCUT2D eigenvalue weighted by Gasteiger charge is 2.30. The van der Waals surface area contributed by atoms with Gasteiger partial charge in [0.25, 0.3) is 5.91 Å². The van der Waals surface area contributed by atoms with Crippen molar-refractivity contribution in [2.75, 3.05) is 33.9 Å². The molecule has 3 amide bonds. The molecule has 0 atom stereocenters. The van der Waals surface area contributed by atoms with Crippen LogP contribution in [0.5, 0.6) is 0 Å². The van der Waals surface area contributed by atoms with E-state index in [1.165, 1.54) is 45.4 Å². The molecule has 5 rings (SSSR count). The van der Waals surface area contributed by atoms with E-state index in [1.807, 2.05) is 23.6 Å². The number of hydrogen-bond donors (Lipinski definition) is 2. The van der Waals surface area contributed by atoms with Gasteiger partial charge in [-0.05, 0) is 81.3 Å². The third-order valence-electron chi connectivity index (χ3n) is 6.51. The summed E-state index contributed by atoms with van der Waals surface area (Å²) in [4.78, 5) is 46.9. The number of nitrogens with two attached hydrogens (primary N) is 1. The molecule has 3 aromatic carbocycles. The number of nitrogen functional groups attached to an aromatic ring is 1. The zero-order valence-corrected chi connectivity index (χ0v) is 24.2. The highest BCUT2D eigenvalue weighted by atomic mass is 32.1. The summed E-state index contributed by atoms with van der Waals surface area (Å²) in [7, 11) is 0. The molecule has 9 nitrogen and oxygen atoms in total. The minimum atomic E-state index is -0.675. The lowest BCUT2D eigenvalue weighted by molar-refractivity contribution is -0.114. The topological polar surface area (TPSA) is 118 Å². The highest BCUT2D eigenvalue weighted by Crippen LogP contribution is 2.34. The average molecular weight is 588 g/mol. The van der Waals surface area contributed by atoms with E-state index < -0.39 is 29.3 Å². The molecule has 11 heteroatoms. The number of carbonyl (C=O) groups excluding carboxylic acids is 3. The lowest BCUT2D eigenvalue weighted by Gasteiger charge is -2.26. The Bertz CT molecular complexity index is 1630. The van der Waals surface area contributed by atoms with Crippen LogP contribution in [0.4, 0.5) is 31.4 Å². The maximum absolute atomic E-state index is 13.7. The van der Waals surface area contributed by atoms with Crippen molar-refractivity contribution in [2.45, 2.75) is 32.8 Å². The second-order valence-corrected chi connectivity index (χ2v) is 11.7. The van der Waals surface area contributed by atoms with Crippen LogP contribution in [0, 0.1) is 5.82 Å². The van der Waals surface area contributed by atoms with E-state index in [4.69, 9.17) is 10.5 Å². The average Bonchev–Trinajstić information content (AvgIpc) is 3.57. The Morgan fingerprint density at radius 3 is 2.43 bits per heavy atom. The molecule has 1 aliphatic rings. The van der Waals surface area contributed by atoms with E-state index in [2.05, 4.69) is 10.3 Å². The lowest BCUT2D eigenvalue weighted by atomic mass is 10.1. The zero-order valence-electron chi connectivity index (χ0n) is 23.4. The number of benzene rings is 3. The first-order valence-electron chi connectivity index (χ1n) is 13.3. The maximum Gasteiger partial charge on any atom is 0.414 e. The number of nitrogens with zero attached hydrogens (tertiary/aromatic N) is 3. The van der Waals surface area contributed by atoms with E-state index >= 15 is 0 Å². The maximum atomic E-state index is 13.7. The molecule has 0 saturated carbocycles. The molecule has 1 aliphatic heterocycles. The summed E-state index contributed by atoms with van der Waals surface area (Å²) >= 11 is 1.34. The van der Waals surface area contributed by atoms with Crippen LogP contribution < -0.4 is 20.9 Å². The van der Waals surface area contributed by atoms with Crippen LogP contribution in [-0.2, 0) is 16.0 Å². The van der Waals surface area contributed by atoms with Crippen molar-refractivity contribution in [3.8, 4) is 11.3 Å². The van der Waals surface area contributed by atoms with Crippen molar-refractivity contribution in [3.63, 3.8) is 0 Å². The molecule has 216 valence electrons. The standard InChI is InChI=1S/C31H30FN5O4S/c1-31(2,3)41-30(40)36-15-14-20-8-13-24(16-26(20)36)37(28(39)21-4-9-22(32)10-5-21)17-27(38)34-23-11-6-19(7-12-23)25-18-42-29(33)35-25/h4-13,16,18H,14-15,17H2,1-3H3,(H2,33,35)(H,34,38). The number of carbonyl (C=O) groups is 3. The normalized spacial score (nSPS) is 12.5. The van der Waals surface area contributed by atoms with Crippen LogP contribution in [0.25, 0.3) is 11.3 Å². The SMILES string of the molecule is CC(C)(C)OC(=O)N1CCc2ccc(N(CC(=O)Nc3ccc(-c4csc(N)n4)cc3)C(=O)c3ccc(F)cc3)cc21. The number of halogens is 1. The molecule has 0 spiro atoms. The van der Waals surface area contributed by atoms with E-state index in [0.717, 1.165) is 16.8 Å². The Labute approximate surface area is 246 Å². The van der Waals surface area contributed by atoms with Gasteiger partial charge in [0.1, 0.15) is 18.0 Å². The summed E-state index contributed by atoms with van der Waals surface area (Å²) in [5.41, 5.74) is 9.32. The quantitative estimate of drug-likeness (QED) is 0.281. The Morgan fingerprint density at radius 2 is 1.79 bits per heavy atom. The molecule has 0 fully saturated rings. The highest BCUT2D eigenvalue weighted by molar-refractivity contribution is 7.13. The molecule has 2 heterocycles. The predicted octanol–water partition coefficient (Wildman–Crippen LogP) is 6.11. The minimum absolute atomic E-state index is 0.209. The molecule has 0 saturated heterocycles. The number of anilines is 4. The Balaban J connectivity index is 1.40. The molecule has 4 aromatic rings. The number of aromatic nitrogens is 1. The van der Waals surface area contributed by atoms with E-state index in [-0.39, 0.29) is 12.1 Å². The molecule has 0 aliphatic carbocycles. The number of fused-ring (bicyclic) bond motifs is 1. The zero-order chi connectivity index (χ0) is 30.0. The van der Waals surface area contributed by atoms with Crippen molar-refractivity contribution < 1.29 is 23.5 Å². The molecule has 1 aromatic heterocycles. The Kier molecular flexibility index (Phi) is 7.95. The van der Waals surface area contributed by atoms with Crippen molar-refractivity contribution in [3.05, 3.63) is 89.1 Å². The second kappa shape index (κ2) is 11.6. The summed E-state index contributed by atoms with van der Waals surface area (Å²) in [6.07, 6.45) is 0.140. The Morgan fingerprint density at radius 1 is 1.07 bits per heavy atom. The number of rotatable bonds is 6. The van der Waals surface area contributed by atoms with Crippen LogP contribution in [0.15, 0.2) is 72.1 Å². The van der Waals surface area contributed by atoms with Crippen LogP contribution in [0.1, 0.15) is 36.7 Å². The lowest BCUT2D eigenvalue weighted by Crippen LogP contribution is -2.38. The van der Waals surface area contributed by atoms with Gasteiger partial charge < -0.3 is 15.8 Å². The van der Waals surface area contributed by atoms with E-state index in [1.54, 1.807) is 45.0 Å². The fourth-order valence-electron chi connectivity index (χ4n) is 4.56. The van der Waals surface area contributed by atoms with Gasteiger partial charge in [-0.3, -0.25) is 19.4 Å². The van der Waals surface area contributed by atoms with Crippen molar-refractivity contribution in [2.24, 2.45) is 0 Å². The monoisotopic (exact) mass is 587 g/mol. The van der Waals surface area contributed by atoms with Crippen LogP contribution in [0.3, 0.4) is 0 Å². The van der Waals surface area contributed by atoms with Gasteiger partial charge in [-0.2, -0.15) is 0 Å². The van der Waals surface area contributed by atoms with Gasteiger partial charge in [-0.15, -0.1) is 11.3 Å². The summed E-state index contributed by atoms with van der Waals surface area (Å²) in [6, 6.07) is 17.5. The van der Waals surface area contributed by atoms with Gasteiger partial charge >= 0.3 is 6.09 Å². The van der Waals surface area contributed by atoms with Crippen molar-refractivity contribution >= 4 is 51.4 Å². The predicted molar refractivity (Wildman–Crippen MR) is 162 cm³/mol. The molecule has 42 heavy (non-hydrogen) atoms. The smallest absolute Gasteiger partial charge is 0.414 e. The van der Waals surface area contributed by atoms with Crippen molar-refractivity contribution in [1.29, 1.82) is 0 Å². The van der Waals surface area contributed by atoms with Crippen LogP contribution in [-0.4, -0.2) is 41.6 Å². The third kappa shape index (κ3) is 6.58. The molecule has 0 bridgehead atoms. The molecule has 0 radical (unpaired) electrons. The van der Waals surface area contributed by atoms with Crippen LogP contribution >= 0.6 is 11.3 Å². The van der Waals surface area contributed by atoms with E-state index in [0.29, 0.717) is 35.2 Å². The molecule has 0 unspecified atom stereocenters. The van der Waals surface area contributed by atoms with Crippen LogP contribution in [0.2, 0.25) is 0 Å². The number of hydrogen-bond acceptors (Lipinski definition) is 7. The fourth-order valence-corrected chi connectivity index (χ4v) is 5.13.